The Morgan fingerprint density at radius 1 is 0.865 bits per heavy atom. The van der Waals surface area contributed by atoms with Gasteiger partial charge < -0.3 is 14.0 Å². The van der Waals surface area contributed by atoms with E-state index in [0.717, 1.165) is 61.1 Å². The first-order valence-electron chi connectivity index (χ1n) is 13.1. The fourth-order valence-electron chi connectivity index (χ4n) is 4.75. The lowest BCUT2D eigenvalue weighted by atomic mass is 10.1. The van der Waals surface area contributed by atoms with Crippen LogP contribution in [0.3, 0.4) is 0 Å². The Labute approximate surface area is 224 Å². The minimum Gasteiger partial charge on any atom is -0.486 e. The normalized spacial score (nSPS) is 12.8. The van der Waals surface area contributed by atoms with Gasteiger partial charge in [0.15, 0.2) is 16.7 Å². The second-order valence-electron chi connectivity index (χ2n) is 9.65. The van der Waals surface area contributed by atoms with Gasteiger partial charge in [-0.05, 0) is 36.6 Å². The van der Waals surface area contributed by atoms with Crippen LogP contribution in [0.2, 0.25) is 5.15 Å². The second kappa shape index (κ2) is 11.8. The van der Waals surface area contributed by atoms with E-state index in [9.17, 15) is 0 Å². The SMILES string of the molecule is CCCCn1c(-c2ccccc2)nc(Cl)c1CN(Cc1ccc(C)cc1)Cc1ccc2c(c1)OCCO2. The van der Waals surface area contributed by atoms with Crippen LogP contribution in [0.4, 0.5) is 0 Å². The van der Waals surface area contributed by atoms with E-state index < -0.39 is 0 Å². The highest BCUT2D eigenvalue weighted by Gasteiger charge is 2.21. The van der Waals surface area contributed by atoms with Gasteiger partial charge in [-0.15, -0.1) is 0 Å². The monoisotopic (exact) mass is 515 g/mol. The minimum absolute atomic E-state index is 0.575. The van der Waals surface area contributed by atoms with E-state index >= 15 is 0 Å². The summed E-state index contributed by atoms with van der Waals surface area (Å²) < 4.78 is 13.9. The third kappa shape index (κ3) is 6.17. The number of hydrogen-bond donors (Lipinski definition) is 0. The summed E-state index contributed by atoms with van der Waals surface area (Å²) in [4.78, 5) is 7.26. The molecule has 5 nitrogen and oxygen atoms in total. The largest absolute Gasteiger partial charge is 0.486 e. The van der Waals surface area contributed by atoms with Crippen molar-refractivity contribution in [1.82, 2.24) is 14.5 Å². The summed E-state index contributed by atoms with van der Waals surface area (Å²) >= 11 is 6.85. The van der Waals surface area contributed by atoms with Crippen molar-refractivity contribution in [2.45, 2.75) is 52.9 Å². The molecule has 3 aromatic carbocycles. The molecule has 4 aromatic rings. The summed E-state index contributed by atoms with van der Waals surface area (Å²) in [6.07, 6.45) is 2.17. The fourth-order valence-corrected chi connectivity index (χ4v) is 4.99. The van der Waals surface area contributed by atoms with Gasteiger partial charge in [-0.3, -0.25) is 4.90 Å². The van der Waals surface area contributed by atoms with Crippen LogP contribution in [0.15, 0.2) is 72.8 Å². The van der Waals surface area contributed by atoms with Crippen LogP contribution in [0.1, 0.15) is 42.1 Å². The highest BCUT2D eigenvalue weighted by Crippen LogP contribution is 2.32. The van der Waals surface area contributed by atoms with Crippen LogP contribution >= 0.6 is 11.6 Å². The molecule has 0 atom stereocenters. The Balaban J connectivity index is 1.48. The van der Waals surface area contributed by atoms with Gasteiger partial charge in [0.05, 0.1) is 5.69 Å². The average molecular weight is 516 g/mol. The first-order chi connectivity index (χ1) is 18.1. The van der Waals surface area contributed by atoms with Crippen LogP contribution in [0, 0.1) is 6.92 Å². The number of benzene rings is 3. The summed E-state index contributed by atoms with van der Waals surface area (Å²) in [5.74, 6) is 2.56. The molecule has 1 aliphatic heterocycles. The van der Waals surface area contributed by atoms with Crippen LogP contribution in [-0.2, 0) is 26.2 Å². The van der Waals surface area contributed by atoms with E-state index in [1.54, 1.807) is 0 Å². The lowest BCUT2D eigenvalue weighted by Crippen LogP contribution is -2.24. The van der Waals surface area contributed by atoms with Crippen molar-refractivity contribution in [3.8, 4) is 22.9 Å². The van der Waals surface area contributed by atoms with E-state index in [1.165, 1.54) is 16.7 Å². The van der Waals surface area contributed by atoms with E-state index in [1.807, 2.05) is 24.3 Å². The summed E-state index contributed by atoms with van der Waals surface area (Å²) in [7, 11) is 0. The highest BCUT2D eigenvalue weighted by atomic mass is 35.5. The lowest BCUT2D eigenvalue weighted by molar-refractivity contribution is 0.170. The van der Waals surface area contributed by atoms with Crippen LogP contribution < -0.4 is 9.47 Å². The van der Waals surface area contributed by atoms with Gasteiger partial charge in [-0.2, -0.15) is 0 Å². The Morgan fingerprint density at radius 3 is 2.32 bits per heavy atom. The van der Waals surface area contributed by atoms with Gasteiger partial charge in [-0.1, -0.05) is 91.2 Å². The molecule has 0 saturated heterocycles. The molecule has 1 aliphatic rings. The van der Waals surface area contributed by atoms with E-state index in [0.29, 0.717) is 24.9 Å². The molecule has 0 saturated carbocycles. The van der Waals surface area contributed by atoms with Crippen LogP contribution in [0.5, 0.6) is 11.5 Å². The van der Waals surface area contributed by atoms with Crippen molar-refractivity contribution in [1.29, 1.82) is 0 Å². The maximum Gasteiger partial charge on any atom is 0.161 e. The van der Waals surface area contributed by atoms with Gasteiger partial charge >= 0.3 is 0 Å². The van der Waals surface area contributed by atoms with Crippen LogP contribution in [0.25, 0.3) is 11.4 Å². The number of rotatable bonds is 10. The molecule has 1 aromatic heterocycles. The molecule has 5 rings (SSSR count). The highest BCUT2D eigenvalue weighted by molar-refractivity contribution is 6.30. The predicted molar refractivity (Wildman–Crippen MR) is 149 cm³/mol. The predicted octanol–water partition coefficient (Wildman–Crippen LogP) is 7.29. The quantitative estimate of drug-likeness (QED) is 0.222. The van der Waals surface area contributed by atoms with Crippen molar-refractivity contribution in [3.63, 3.8) is 0 Å². The average Bonchev–Trinajstić information content (AvgIpc) is 3.23. The van der Waals surface area contributed by atoms with Crippen molar-refractivity contribution in [3.05, 3.63) is 100 Å². The molecular weight excluding hydrogens is 482 g/mol. The topological polar surface area (TPSA) is 39.5 Å². The summed E-state index contributed by atoms with van der Waals surface area (Å²) in [6, 6.07) is 25.3. The Hall–Kier alpha value is -3.28. The standard InChI is InChI=1S/C31H34ClN3O2/c1-3-4-16-35-27(30(32)33-31(35)26-8-6-5-7-9-26)22-34(20-24-12-10-23(2)11-13-24)21-25-14-15-28-29(19-25)37-18-17-36-28/h5-15,19H,3-4,16-18,20-22H2,1-2H3. The van der Waals surface area contributed by atoms with Crippen LogP contribution in [-0.4, -0.2) is 27.7 Å². The van der Waals surface area contributed by atoms with Crippen molar-refractivity contribution >= 4 is 11.6 Å². The van der Waals surface area contributed by atoms with E-state index in [2.05, 4.69) is 71.8 Å². The molecule has 37 heavy (non-hydrogen) atoms. The number of aromatic nitrogens is 2. The molecule has 192 valence electrons. The maximum absolute atomic E-state index is 6.85. The summed E-state index contributed by atoms with van der Waals surface area (Å²) in [6.45, 7) is 8.63. The number of fused-ring (bicyclic) bond motifs is 1. The molecule has 0 fully saturated rings. The van der Waals surface area contributed by atoms with E-state index in [4.69, 9.17) is 26.1 Å². The molecule has 0 N–H and O–H groups in total. The second-order valence-corrected chi connectivity index (χ2v) is 10.0. The molecule has 0 aliphatic carbocycles. The van der Waals surface area contributed by atoms with Gasteiger partial charge in [0.1, 0.15) is 19.0 Å². The number of halogens is 1. The molecule has 0 unspecified atom stereocenters. The third-order valence-corrected chi connectivity index (χ3v) is 7.01. The van der Waals surface area contributed by atoms with Crippen molar-refractivity contribution in [2.75, 3.05) is 13.2 Å². The molecular formula is C31H34ClN3O2. The minimum atomic E-state index is 0.575. The molecule has 0 radical (unpaired) electrons. The Morgan fingerprint density at radius 2 is 1.57 bits per heavy atom. The maximum atomic E-state index is 6.85. The molecule has 6 heteroatoms. The molecule has 0 spiro atoms. The summed E-state index contributed by atoms with van der Waals surface area (Å²) in [5, 5.41) is 0.575. The zero-order valence-electron chi connectivity index (χ0n) is 21.6. The smallest absolute Gasteiger partial charge is 0.161 e. The van der Waals surface area contributed by atoms with Gasteiger partial charge in [0.25, 0.3) is 0 Å². The number of imidazole rings is 1. The number of ether oxygens (including phenoxy) is 2. The number of aryl methyl sites for hydroxylation is 1. The lowest BCUT2D eigenvalue weighted by Gasteiger charge is -2.25. The molecule has 0 bridgehead atoms. The first-order valence-corrected chi connectivity index (χ1v) is 13.4. The first kappa shape index (κ1) is 25.4. The fraction of sp³-hybridized carbons (Fsp3) is 0.323. The number of hydrogen-bond acceptors (Lipinski definition) is 4. The Bertz CT molecular complexity index is 1320. The summed E-state index contributed by atoms with van der Waals surface area (Å²) in [5.41, 5.74) is 5.84. The zero-order chi connectivity index (χ0) is 25.6. The molecule has 2 heterocycles. The zero-order valence-corrected chi connectivity index (χ0v) is 22.4. The van der Waals surface area contributed by atoms with Crippen molar-refractivity contribution < 1.29 is 9.47 Å². The molecule has 0 amide bonds. The number of unbranched alkanes of at least 4 members (excludes halogenated alkanes) is 1. The van der Waals surface area contributed by atoms with Crippen molar-refractivity contribution in [2.24, 2.45) is 0 Å². The Kier molecular flexibility index (Phi) is 8.12. The van der Waals surface area contributed by atoms with Gasteiger partial charge in [0.2, 0.25) is 0 Å². The third-order valence-electron chi connectivity index (χ3n) is 6.70. The van der Waals surface area contributed by atoms with Gasteiger partial charge in [0, 0.05) is 31.7 Å². The number of nitrogens with zero attached hydrogens (tertiary/aromatic N) is 3. The van der Waals surface area contributed by atoms with E-state index in [-0.39, 0.29) is 0 Å². The van der Waals surface area contributed by atoms with Gasteiger partial charge in [-0.25, -0.2) is 4.98 Å².